The molecule has 0 saturated carbocycles. The molecule has 0 aromatic heterocycles. The Bertz CT molecular complexity index is 526. The molecule has 1 nitrogen and oxygen atoms in total. The Labute approximate surface area is 95.7 Å². The van der Waals surface area contributed by atoms with Gasteiger partial charge in [0.15, 0.2) is 12.8 Å². The van der Waals surface area contributed by atoms with E-state index in [9.17, 15) is 0 Å². The lowest BCUT2D eigenvalue weighted by molar-refractivity contribution is -0.423. The summed E-state index contributed by atoms with van der Waals surface area (Å²) >= 11 is 0. The molecule has 2 aromatic carbocycles. The Balaban J connectivity index is 2.02. The lowest BCUT2D eigenvalue weighted by atomic mass is 10.2. The van der Waals surface area contributed by atoms with E-state index in [1.165, 1.54) is 16.8 Å². The van der Waals surface area contributed by atoms with Crippen LogP contribution < -0.4 is 0 Å². The van der Waals surface area contributed by atoms with Crippen LogP contribution in [0.25, 0.3) is 0 Å². The zero-order valence-corrected chi connectivity index (χ0v) is 9.13. The summed E-state index contributed by atoms with van der Waals surface area (Å²) in [6.45, 7) is 1.09. The molecule has 2 aromatic rings. The summed E-state index contributed by atoms with van der Waals surface area (Å²) in [5.41, 5.74) is 4.07. The second kappa shape index (κ2) is 3.93. The zero-order chi connectivity index (χ0) is 10.8. The Hall–Kier alpha value is -1.89. The van der Waals surface area contributed by atoms with Crippen molar-refractivity contribution < 1.29 is 4.58 Å². The molecular weight excluding hydrogens is 194 g/mol. The highest BCUT2D eigenvalue weighted by molar-refractivity contribution is 5.76. The minimum Gasteiger partial charge on any atom is -0.198 e. The molecule has 0 fully saturated rings. The average molecular weight is 208 g/mol. The molecule has 0 spiro atoms. The molecule has 0 amide bonds. The highest BCUT2D eigenvalue weighted by atomic mass is 15.0. The van der Waals surface area contributed by atoms with Crippen LogP contribution in [0.3, 0.4) is 0 Å². The van der Waals surface area contributed by atoms with Crippen molar-refractivity contribution in [2.75, 3.05) is 6.54 Å². The summed E-state index contributed by atoms with van der Waals surface area (Å²) < 4.78 is 2.34. The van der Waals surface area contributed by atoms with Gasteiger partial charge in [-0.1, -0.05) is 36.4 Å². The number of nitrogens with zero attached hydrogens (tertiary/aromatic N) is 1. The Morgan fingerprint density at radius 1 is 0.875 bits per heavy atom. The molecule has 16 heavy (non-hydrogen) atoms. The second-order valence-electron chi connectivity index (χ2n) is 4.11. The van der Waals surface area contributed by atoms with E-state index in [4.69, 9.17) is 0 Å². The van der Waals surface area contributed by atoms with E-state index < -0.39 is 0 Å². The number of hydrogen-bond donors (Lipinski definition) is 0. The highest BCUT2D eigenvalue weighted by Gasteiger charge is 2.21. The van der Waals surface area contributed by atoms with Crippen LogP contribution in [0.2, 0.25) is 0 Å². The average Bonchev–Trinajstić information content (AvgIpc) is 2.74. The number of hydrogen-bond acceptors (Lipinski definition) is 0. The molecule has 1 heterocycles. The maximum Gasteiger partial charge on any atom is 0.208 e. The van der Waals surface area contributed by atoms with Crippen LogP contribution in [0, 0.1) is 0 Å². The SMILES string of the molecule is C(c1ccccc1)=[N+]1CCc2ccccc21. The number of benzene rings is 2. The first-order valence-corrected chi connectivity index (χ1v) is 5.68. The van der Waals surface area contributed by atoms with Gasteiger partial charge in [-0.15, -0.1) is 0 Å². The van der Waals surface area contributed by atoms with Crippen molar-refractivity contribution in [3.63, 3.8) is 0 Å². The van der Waals surface area contributed by atoms with Crippen LogP contribution >= 0.6 is 0 Å². The minimum atomic E-state index is 1.09. The van der Waals surface area contributed by atoms with Crippen molar-refractivity contribution in [3.05, 3.63) is 65.7 Å². The van der Waals surface area contributed by atoms with Gasteiger partial charge in [-0.25, -0.2) is 0 Å². The fourth-order valence-electron chi connectivity index (χ4n) is 2.22. The van der Waals surface area contributed by atoms with Gasteiger partial charge in [0.1, 0.15) is 0 Å². The van der Waals surface area contributed by atoms with Crippen LogP contribution in [-0.4, -0.2) is 17.3 Å². The first-order valence-electron chi connectivity index (χ1n) is 5.68. The molecular formula is C15H14N+. The van der Waals surface area contributed by atoms with Crippen LogP contribution in [0.15, 0.2) is 54.6 Å². The van der Waals surface area contributed by atoms with E-state index in [1.54, 1.807) is 0 Å². The molecule has 0 unspecified atom stereocenters. The molecule has 0 saturated heterocycles. The van der Waals surface area contributed by atoms with Gasteiger partial charge in [0.25, 0.3) is 0 Å². The van der Waals surface area contributed by atoms with E-state index >= 15 is 0 Å². The van der Waals surface area contributed by atoms with Gasteiger partial charge >= 0.3 is 0 Å². The Morgan fingerprint density at radius 3 is 2.50 bits per heavy atom. The maximum atomic E-state index is 2.34. The molecule has 78 valence electrons. The smallest absolute Gasteiger partial charge is 0.198 e. The quantitative estimate of drug-likeness (QED) is 0.634. The number of fused-ring (bicyclic) bond motifs is 1. The van der Waals surface area contributed by atoms with Crippen LogP contribution in [-0.2, 0) is 6.42 Å². The molecule has 1 aliphatic rings. The van der Waals surface area contributed by atoms with Gasteiger partial charge in [0.05, 0.1) is 0 Å². The van der Waals surface area contributed by atoms with Crippen molar-refractivity contribution in [1.29, 1.82) is 0 Å². The number of para-hydroxylation sites is 1. The first kappa shape index (κ1) is 9.34. The third kappa shape index (κ3) is 1.65. The second-order valence-corrected chi connectivity index (χ2v) is 4.11. The Kier molecular flexibility index (Phi) is 2.30. The third-order valence-electron chi connectivity index (χ3n) is 3.03. The standard InChI is InChI=1S/C15H14N/c1-2-6-13(7-3-1)12-16-11-10-14-8-4-5-9-15(14)16/h1-9,12H,10-11H2/q+1. The van der Waals surface area contributed by atoms with E-state index in [-0.39, 0.29) is 0 Å². The molecule has 3 rings (SSSR count). The lowest BCUT2D eigenvalue weighted by Gasteiger charge is -1.95. The van der Waals surface area contributed by atoms with Crippen molar-refractivity contribution in [2.24, 2.45) is 0 Å². The van der Waals surface area contributed by atoms with Gasteiger partial charge in [-0.2, -0.15) is 4.58 Å². The van der Waals surface area contributed by atoms with Crippen molar-refractivity contribution in [1.82, 2.24) is 0 Å². The summed E-state index contributed by atoms with van der Waals surface area (Å²) in [5.74, 6) is 0. The third-order valence-corrected chi connectivity index (χ3v) is 3.03. The normalized spacial score (nSPS) is 16.4. The molecule has 0 N–H and O–H groups in total. The van der Waals surface area contributed by atoms with Gasteiger partial charge in [0, 0.05) is 23.6 Å². The molecule has 0 atom stereocenters. The lowest BCUT2D eigenvalue weighted by Crippen LogP contribution is -2.03. The largest absolute Gasteiger partial charge is 0.208 e. The summed E-state index contributed by atoms with van der Waals surface area (Å²) in [4.78, 5) is 0. The van der Waals surface area contributed by atoms with Gasteiger partial charge in [-0.3, -0.25) is 0 Å². The fourth-order valence-corrected chi connectivity index (χ4v) is 2.22. The van der Waals surface area contributed by atoms with Crippen molar-refractivity contribution in [2.45, 2.75) is 6.42 Å². The topological polar surface area (TPSA) is 3.01 Å². The predicted octanol–water partition coefficient (Wildman–Crippen LogP) is 3.01. The molecule has 1 heteroatoms. The predicted molar refractivity (Wildman–Crippen MR) is 66.5 cm³/mol. The van der Waals surface area contributed by atoms with Gasteiger partial charge in [-0.05, 0) is 12.1 Å². The van der Waals surface area contributed by atoms with E-state index in [1.807, 2.05) is 0 Å². The van der Waals surface area contributed by atoms with Crippen LogP contribution in [0.5, 0.6) is 0 Å². The molecule has 0 radical (unpaired) electrons. The molecule has 0 aliphatic carbocycles. The summed E-state index contributed by atoms with van der Waals surface area (Å²) in [7, 11) is 0. The molecule has 1 aliphatic heterocycles. The Morgan fingerprint density at radius 2 is 1.62 bits per heavy atom. The number of rotatable bonds is 1. The van der Waals surface area contributed by atoms with Gasteiger partial charge in [0.2, 0.25) is 5.69 Å². The minimum absolute atomic E-state index is 1.09. The first-order chi connectivity index (χ1) is 7.93. The highest BCUT2D eigenvalue weighted by Crippen LogP contribution is 2.25. The van der Waals surface area contributed by atoms with Crippen LogP contribution in [0.4, 0.5) is 5.69 Å². The van der Waals surface area contributed by atoms with E-state index in [0.717, 1.165) is 13.0 Å². The maximum absolute atomic E-state index is 2.34. The molecule has 0 bridgehead atoms. The van der Waals surface area contributed by atoms with Crippen molar-refractivity contribution >= 4 is 11.9 Å². The van der Waals surface area contributed by atoms with E-state index in [0.29, 0.717) is 0 Å². The monoisotopic (exact) mass is 208 g/mol. The summed E-state index contributed by atoms with van der Waals surface area (Å²) in [6.07, 6.45) is 3.38. The summed E-state index contributed by atoms with van der Waals surface area (Å²) in [6, 6.07) is 19.1. The van der Waals surface area contributed by atoms with Gasteiger partial charge < -0.3 is 0 Å². The van der Waals surface area contributed by atoms with Crippen LogP contribution in [0.1, 0.15) is 11.1 Å². The zero-order valence-electron chi connectivity index (χ0n) is 9.13. The fraction of sp³-hybridized carbons (Fsp3) is 0.133. The van der Waals surface area contributed by atoms with E-state index in [2.05, 4.69) is 65.4 Å². The summed E-state index contributed by atoms with van der Waals surface area (Å²) in [5, 5.41) is 0. The van der Waals surface area contributed by atoms with Crippen molar-refractivity contribution in [3.8, 4) is 0 Å².